The van der Waals surface area contributed by atoms with Gasteiger partial charge < -0.3 is 11.1 Å². The van der Waals surface area contributed by atoms with E-state index in [2.05, 4.69) is 10.3 Å². The number of carbonyl (C=O) groups is 1. The van der Waals surface area contributed by atoms with Crippen LogP contribution in [0.25, 0.3) is 0 Å². The molecule has 1 amide bonds. The largest absolute Gasteiger partial charge is 0.381 e. The van der Waals surface area contributed by atoms with Gasteiger partial charge in [0.1, 0.15) is 0 Å². The maximum Gasteiger partial charge on any atom is 0.254 e. The van der Waals surface area contributed by atoms with Crippen molar-refractivity contribution in [2.45, 2.75) is 19.9 Å². The summed E-state index contributed by atoms with van der Waals surface area (Å²) in [4.78, 5) is 16.8. The molecule has 0 fully saturated rings. The Hall–Kier alpha value is -1.95. The fourth-order valence-corrected chi connectivity index (χ4v) is 2.84. The van der Waals surface area contributed by atoms with Gasteiger partial charge in [-0.3, -0.25) is 4.79 Å². The first kappa shape index (κ1) is 14.5. The number of hydrogen-bond donors (Lipinski definition) is 2. The quantitative estimate of drug-likeness (QED) is 0.910. The van der Waals surface area contributed by atoms with Crippen LogP contribution in [-0.4, -0.2) is 10.9 Å². The number of nitrogens with zero attached hydrogens (tertiary/aromatic N) is 1. The highest BCUT2D eigenvalue weighted by Crippen LogP contribution is 2.26. The van der Waals surface area contributed by atoms with Crippen LogP contribution in [-0.2, 0) is 0 Å². The molecule has 0 saturated carbocycles. The van der Waals surface area contributed by atoms with Gasteiger partial charge in [-0.15, -0.1) is 11.3 Å². The molecule has 0 radical (unpaired) electrons. The molecule has 0 bridgehead atoms. The van der Waals surface area contributed by atoms with E-state index in [4.69, 9.17) is 5.73 Å². The molecule has 0 aliphatic carbocycles. The Balaban J connectivity index is 2.23. The predicted molar refractivity (Wildman–Crippen MR) is 78.0 cm³/mol. The lowest BCUT2D eigenvalue weighted by molar-refractivity contribution is 0.0922. The van der Waals surface area contributed by atoms with Gasteiger partial charge in [-0.1, -0.05) is 19.9 Å². The maximum atomic E-state index is 13.8. The number of amides is 1. The summed E-state index contributed by atoms with van der Waals surface area (Å²) in [6.45, 7) is 4.00. The van der Waals surface area contributed by atoms with Crippen LogP contribution in [0.5, 0.6) is 0 Å². The second kappa shape index (κ2) is 6.00. The molecule has 2 rings (SSSR count). The van der Waals surface area contributed by atoms with E-state index in [1.165, 1.54) is 12.3 Å². The molecule has 106 valence electrons. The Kier molecular flexibility index (Phi) is 4.34. The number of thiophene rings is 1. The SMILES string of the molecule is CC(C)C(NC(=O)c1ccnc(N)c1F)c1cccs1. The van der Waals surface area contributed by atoms with Crippen molar-refractivity contribution in [1.29, 1.82) is 0 Å². The first-order valence-electron chi connectivity index (χ1n) is 6.25. The van der Waals surface area contributed by atoms with E-state index in [1.807, 2.05) is 31.4 Å². The van der Waals surface area contributed by atoms with Crippen molar-refractivity contribution in [2.24, 2.45) is 5.92 Å². The Bertz CT molecular complexity index is 598. The Morgan fingerprint density at radius 2 is 2.20 bits per heavy atom. The number of halogens is 1. The van der Waals surface area contributed by atoms with Gasteiger partial charge >= 0.3 is 0 Å². The second-order valence-corrected chi connectivity index (χ2v) is 5.75. The van der Waals surface area contributed by atoms with E-state index in [0.29, 0.717) is 0 Å². The van der Waals surface area contributed by atoms with Crippen molar-refractivity contribution in [1.82, 2.24) is 10.3 Å². The van der Waals surface area contributed by atoms with Gasteiger partial charge in [-0.25, -0.2) is 9.37 Å². The van der Waals surface area contributed by atoms with Crippen LogP contribution in [0.15, 0.2) is 29.8 Å². The van der Waals surface area contributed by atoms with E-state index < -0.39 is 11.7 Å². The molecule has 0 aliphatic heterocycles. The Morgan fingerprint density at radius 1 is 1.45 bits per heavy atom. The van der Waals surface area contributed by atoms with Gasteiger partial charge in [0.2, 0.25) is 0 Å². The van der Waals surface area contributed by atoms with E-state index in [1.54, 1.807) is 11.3 Å². The van der Waals surface area contributed by atoms with E-state index >= 15 is 0 Å². The number of pyridine rings is 1. The smallest absolute Gasteiger partial charge is 0.254 e. The average molecular weight is 293 g/mol. The molecular formula is C14H16FN3OS. The van der Waals surface area contributed by atoms with Crippen LogP contribution >= 0.6 is 11.3 Å². The lowest BCUT2D eigenvalue weighted by atomic mass is 10.0. The van der Waals surface area contributed by atoms with Crippen molar-refractivity contribution in [3.63, 3.8) is 0 Å². The van der Waals surface area contributed by atoms with Crippen molar-refractivity contribution < 1.29 is 9.18 Å². The zero-order chi connectivity index (χ0) is 14.7. The third kappa shape index (κ3) is 2.96. The fraction of sp³-hybridized carbons (Fsp3) is 0.286. The average Bonchev–Trinajstić information content (AvgIpc) is 2.92. The third-order valence-corrected chi connectivity index (χ3v) is 3.92. The highest BCUT2D eigenvalue weighted by molar-refractivity contribution is 7.10. The monoisotopic (exact) mass is 293 g/mol. The number of rotatable bonds is 4. The molecule has 0 aliphatic rings. The third-order valence-electron chi connectivity index (χ3n) is 2.96. The molecule has 4 nitrogen and oxygen atoms in total. The summed E-state index contributed by atoms with van der Waals surface area (Å²) in [7, 11) is 0. The van der Waals surface area contributed by atoms with Gasteiger partial charge in [0.15, 0.2) is 11.6 Å². The number of nitrogen functional groups attached to an aromatic ring is 1. The lowest BCUT2D eigenvalue weighted by Gasteiger charge is -2.21. The normalized spacial score (nSPS) is 12.4. The summed E-state index contributed by atoms with van der Waals surface area (Å²) in [6, 6.07) is 5.04. The predicted octanol–water partition coefficient (Wildman–Crippen LogP) is 2.99. The summed E-state index contributed by atoms with van der Waals surface area (Å²) in [6.07, 6.45) is 1.32. The number of nitrogens with one attached hydrogen (secondary N) is 1. The molecule has 2 aromatic heterocycles. The summed E-state index contributed by atoms with van der Waals surface area (Å²) < 4.78 is 13.8. The van der Waals surface area contributed by atoms with E-state index in [0.717, 1.165) is 4.88 Å². The Morgan fingerprint density at radius 3 is 2.80 bits per heavy atom. The number of hydrogen-bond acceptors (Lipinski definition) is 4. The van der Waals surface area contributed by atoms with Gasteiger partial charge in [0.25, 0.3) is 5.91 Å². The van der Waals surface area contributed by atoms with Gasteiger partial charge in [0.05, 0.1) is 11.6 Å². The van der Waals surface area contributed by atoms with Crippen LogP contribution in [0.1, 0.15) is 35.1 Å². The molecule has 2 aromatic rings. The van der Waals surface area contributed by atoms with Gasteiger partial charge in [0, 0.05) is 11.1 Å². The minimum Gasteiger partial charge on any atom is -0.381 e. The highest BCUT2D eigenvalue weighted by atomic mass is 32.1. The fourth-order valence-electron chi connectivity index (χ4n) is 1.89. The zero-order valence-electron chi connectivity index (χ0n) is 11.3. The summed E-state index contributed by atoms with van der Waals surface area (Å²) in [5.41, 5.74) is 5.30. The molecule has 2 heterocycles. The first-order chi connectivity index (χ1) is 9.50. The van der Waals surface area contributed by atoms with Crippen molar-refractivity contribution in [3.8, 4) is 0 Å². The van der Waals surface area contributed by atoms with Gasteiger partial charge in [-0.2, -0.15) is 0 Å². The first-order valence-corrected chi connectivity index (χ1v) is 7.13. The molecule has 0 aromatic carbocycles. The maximum absolute atomic E-state index is 13.8. The molecule has 3 N–H and O–H groups in total. The van der Waals surface area contributed by atoms with E-state index in [-0.39, 0.29) is 23.3 Å². The molecule has 1 atom stereocenters. The molecule has 0 spiro atoms. The minimum atomic E-state index is -0.779. The number of nitrogens with two attached hydrogens (primary N) is 1. The minimum absolute atomic E-state index is 0.0836. The van der Waals surface area contributed by atoms with Gasteiger partial charge in [-0.05, 0) is 23.4 Å². The molecule has 20 heavy (non-hydrogen) atoms. The summed E-state index contributed by atoms with van der Waals surface area (Å²) in [5, 5.41) is 4.80. The van der Waals surface area contributed by atoms with Crippen LogP contribution in [0.3, 0.4) is 0 Å². The van der Waals surface area contributed by atoms with E-state index in [9.17, 15) is 9.18 Å². The molecule has 6 heteroatoms. The van der Waals surface area contributed by atoms with Crippen LogP contribution in [0, 0.1) is 11.7 Å². The zero-order valence-corrected chi connectivity index (χ0v) is 12.1. The summed E-state index contributed by atoms with van der Waals surface area (Å²) in [5.74, 6) is -1.34. The van der Waals surface area contributed by atoms with Crippen LogP contribution < -0.4 is 11.1 Å². The highest BCUT2D eigenvalue weighted by Gasteiger charge is 2.22. The summed E-state index contributed by atoms with van der Waals surface area (Å²) >= 11 is 1.56. The van der Waals surface area contributed by atoms with Crippen LogP contribution in [0.2, 0.25) is 0 Å². The number of carbonyl (C=O) groups excluding carboxylic acids is 1. The Labute approximate surface area is 120 Å². The van der Waals surface area contributed by atoms with Crippen molar-refractivity contribution in [3.05, 3.63) is 46.0 Å². The van der Waals surface area contributed by atoms with Crippen molar-refractivity contribution >= 4 is 23.1 Å². The number of anilines is 1. The number of aromatic nitrogens is 1. The topological polar surface area (TPSA) is 68.0 Å². The van der Waals surface area contributed by atoms with Crippen molar-refractivity contribution in [2.75, 3.05) is 5.73 Å². The molecular weight excluding hydrogens is 277 g/mol. The molecule has 0 saturated heterocycles. The van der Waals surface area contributed by atoms with Crippen LogP contribution in [0.4, 0.5) is 10.2 Å². The molecule has 1 unspecified atom stereocenters. The lowest BCUT2D eigenvalue weighted by Crippen LogP contribution is -2.32. The standard InChI is InChI=1S/C14H16FN3OS/c1-8(2)12(10-4-3-7-20-10)18-14(19)9-5-6-17-13(16)11(9)15/h3-8,12H,1-2H3,(H2,16,17)(H,18,19). The second-order valence-electron chi connectivity index (χ2n) is 4.77.